The van der Waals surface area contributed by atoms with Gasteiger partial charge in [-0.3, -0.25) is 4.79 Å². The van der Waals surface area contributed by atoms with Crippen molar-refractivity contribution in [2.75, 3.05) is 7.11 Å². The number of unbranched alkanes of at least 4 members (excludes halogenated alkanes) is 2. The van der Waals surface area contributed by atoms with E-state index in [4.69, 9.17) is 4.74 Å². The van der Waals surface area contributed by atoms with E-state index in [0.717, 1.165) is 5.92 Å². The van der Waals surface area contributed by atoms with Gasteiger partial charge in [0.1, 0.15) is 0 Å². The molecule has 0 aromatic rings. The van der Waals surface area contributed by atoms with Crippen molar-refractivity contribution in [3.8, 4) is 0 Å². The Hall–Kier alpha value is -0.530. The Morgan fingerprint density at radius 2 is 2.00 bits per heavy atom. The zero-order valence-corrected chi connectivity index (χ0v) is 10.8. The predicted molar refractivity (Wildman–Crippen MR) is 66.2 cm³/mol. The molecule has 0 N–H and O–H groups in total. The van der Waals surface area contributed by atoms with Crippen molar-refractivity contribution in [3.63, 3.8) is 0 Å². The zero-order valence-electron chi connectivity index (χ0n) is 10.8. The highest BCUT2D eigenvalue weighted by molar-refractivity contribution is 5.69. The van der Waals surface area contributed by atoms with E-state index in [1.165, 1.54) is 58.5 Å². The van der Waals surface area contributed by atoms with E-state index in [0.29, 0.717) is 12.3 Å². The van der Waals surface area contributed by atoms with Crippen molar-refractivity contribution in [2.24, 2.45) is 11.8 Å². The maximum atomic E-state index is 11.2. The first kappa shape index (κ1) is 13.5. The van der Waals surface area contributed by atoms with Crippen LogP contribution in [0.3, 0.4) is 0 Å². The molecule has 0 spiro atoms. The number of hydrogen-bond donors (Lipinski definition) is 0. The molecular weight excluding hydrogens is 200 g/mol. The molecule has 1 fully saturated rings. The van der Waals surface area contributed by atoms with Crippen LogP contribution in [0.25, 0.3) is 0 Å². The molecular formula is C14H26O2. The number of esters is 1. The van der Waals surface area contributed by atoms with Gasteiger partial charge in [-0.1, -0.05) is 45.4 Å². The van der Waals surface area contributed by atoms with Crippen LogP contribution in [0.1, 0.15) is 64.7 Å². The van der Waals surface area contributed by atoms with Crippen LogP contribution < -0.4 is 0 Å². The number of carbonyl (C=O) groups is 1. The van der Waals surface area contributed by atoms with Gasteiger partial charge in [-0.05, 0) is 24.7 Å². The fourth-order valence-corrected chi connectivity index (χ4v) is 2.85. The van der Waals surface area contributed by atoms with E-state index >= 15 is 0 Å². The standard InChI is InChI=1S/C14H26O2/c1-3-4-5-7-12-8-6-9-13(10-12)11-14(15)16-2/h12-13H,3-11H2,1-2H3. The SMILES string of the molecule is CCCCCC1CCCC(CC(=O)OC)C1. The van der Waals surface area contributed by atoms with E-state index in [2.05, 4.69) is 6.92 Å². The third kappa shape index (κ3) is 5.00. The van der Waals surface area contributed by atoms with Crippen LogP contribution in [0.2, 0.25) is 0 Å². The summed E-state index contributed by atoms with van der Waals surface area (Å²) in [6.45, 7) is 2.25. The zero-order chi connectivity index (χ0) is 11.8. The summed E-state index contributed by atoms with van der Waals surface area (Å²) in [4.78, 5) is 11.2. The molecule has 0 radical (unpaired) electrons. The molecule has 2 heteroatoms. The smallest absolute Gasteiger partial charge is 0.305 e. The molecule has 0 aromatic heterocycles. The average molecular weight is 226 g/mol. The highest BCUT2D eigenvalue weighted by Crippen LogP contribution is 2.34. The lowest BCUT2D eigenvalue weighted by Gasteiger charge is -2.28. The molecule has 1 saturated carbocycles. The first-order valence-electron chi connectivity index (χ1n) is 6.83. The van der Waals surface area contributed by atoms with Crippen LogP contribution in [0.5, 0.6) is 0 Å². The fourth-order valence-electron chi connectivity index (χ4n) is 2.85. The normalized spacial score (nSPS) is 25.4. The van der Waals surface area contributed by atoms with Gasteiger partial charge in [0, 0.05) is 6.42 Å². The first-order valence-corrected chi connectivity index (χ1v) is 6.83. The molecule has 1 rings (SSSR count). The van der Waals surface area contributed by atoms with Crippen LogP contribution in [-0.2, 0) is 9.53 Å². The maximum absolute atomic E-state index is 11.2. The van der Waals surface area contributed by atoms with Gasteiger partial charge in [-0.15, -0.1) is 0 Å². The van der Waals surface area contributed by atoms with Crippen LogP contribution in [0.4, 0.5) is 0 Å². The van der Waals surface area contributed by atoms with Gasteiger partial charge in [-0.25, -0.2) is 0 Å². The molecule has 0 amide bonds. The minimum atomic E-state index is -0.0285. The van der Waals surface area contributed by atoms with Crippen molar-refractivity contribution in [1.82, 2.24) is 0 Å². The number of hydrogen-bond acceptors (Lipinski definition) is 2. The van der Waals surface area contributed by atoms with E-state index in [9.17, 15) is 4.79 Å². The van der Waals surface area contributed by atoms with Crippen LogP contribution >= 0.6 is 0 Å². The monoisotopic (exact) mass is 226 g/mol. The predicted octanol–water partition coefficient (Wildman–Crippen LogP) is 3.94. The molecule has 0 saturated heterocycles. The molecule has 0 heterocycles. The fraction of sp³-hybridized carbons (Fsp3) is 0.929. The molecule has 2 unspecified atom stereocenters. The molecule has 16 heavy (non-hydrogen) atoms. The maximum Gasteiger partial charge on any atom is 0.305 e. The lowest BCUT2D eigenvalue weighted by atomic mass is 9.78. The van der Waals surface area contributed by atoms with Crippen LogP contribution in [0, 0.1) is 11.8 Å². The quantitative estimate of drug-likeness (QED) is 0.506. The Labute approximate surface area is 99.8 Å². The van der Waals surface area contributed by atoms with Gasteiger partial charge in [0.25, 0.3) is 0 Å². The Bertz CT molecular complexity index is 201. The van der Waals surface area contributed by atoms with Gasteiger partial charge in [0.05, 0.1) is 7.11 Å². The lowest BCUT2D eigenvalue weighted by molar-refractivity contribution is -0.142. The summed E-state index contributed by atoms with van der Waals surface area (Å²) in [5.74, 6) is 1.43. The summed E-state index contributed by atoms with van der Waals surface area (Å²) in [6, 6.07) is 0. The van der Waals surface area contributed by atoms with Gasteiger partial charge in [0.15, 0.2) is 0 Å². The molecule has 0 aliphatic heterocycles. The van der Waals surface area contributed by atoms with E-state index in [-0.39, 0.29) is 5.97 Å². The molecule has 1 aliphatic carbocycles. The highest BCUT2D eigenvalue weighted by atomic mass is 16.5. The third-order valence-corrected chi connectivity index (χ3v) is 3.79. The molecule has 94 valence electrons. The van der Waals surface area contributed by atoms with Crippen molar-refractivity contribution < 1.29 is 9.53 Å². The van der Waals surface area contributed by atoms with Gasteiger partial charge in [-0.2, -0.15) is 0 Å². The molecule has 0 bridgehead atoms. The summed E-state index contributed by atoms with van der Waals surface area (Å²) >= 11 is 0. The Balaban J connectivity index is 2.21. The number of methoxy groups -OCH3 is 1. The average Bonchev–Trinajstić information content (AvgIpc) is 2.30. The summed E-state index contributed by atoms with van der Waals surface area (Å²) in [5.41, 5.74) is 0. The topological polar surface area (TPSA) is 26.3 Å². The number of carbonyl (C=O) groups excluding carboxylic acids is 1. The van der Waals surface area contributed by atoms with E-state index < -0.39 is 0 Å². The third-order valence-electron chi connectivity index (χ3n) is 3.79. The van der Waals surface area contributed by atoms with E-state index in [1.54, 1.807) is 0 Å². The molecule has 1 aliphatic rings. The van der Waals surface area contributed by atoms with Gasteiger partial charge in [0.2, 0.25) is 0 Å². The molecule has 0 aromatic carbocycles. The molecule has 2 nitrogen and oxygen atoms in total. The largest absolute Gasteiger partial charge is 0.469 e. The highest BCUT2D eigenvalue weighted by Gasteiger charge is 2.23. The van der Waals surface area contributed by atoms with E-state index in [1.807, 2.05) is 0 Å². The summed E-state index contributed by atoms with van der Waals surface area (Å²) in [5, 5.41) is 0. The van der Waals surface area contributed by atoms with Crippen molar-refractivity contribution in [3.05, 3.63) is 0 Å². The summed E-state index contributed by atoms with van der Waals surface area (Å²) in [6.07, 6.45) is 11.2. The summed E-state index contributed by atoms with van der Waals surface area (Å²) < 4.78 is 4.75. The van der Waals surface area contributed by atoms with Gasteiger partial charge >= 0.3 is 5.97 Å². The second kappa shape index (κ2) is 7.70. The number of ether oxygens (including phenoxy) is 1. The molecule has 2 atom stereocenters. The minimum Gasteiger partial charge on any atom is -0.469 e. The van der Waals surface area contributed by atoms with Crippen LogP contribution in [0.15, 0.2) is 0 Å². The van der Waals surface area contributed by atoms with Crippen molar-refractivity contribution >= 4 is 5.97 Å². The first-order chi connectivity index (χ1) is 7.76. The Kier molecular flexibility index (Phi) is 6.51. The van der Waals surface area contributed by atoms with Crippen molar-refractivity contribution in [2.45, 2.75) is 64.7 Å². The second-order valence-corrected chi connectivity index (χ2v) is 5.17. The summed E-state index contributed by atoms with van der Waals surface area (Å²) in [7, 11) is 1.49. The number of rotatable bonds is 6. The Morgan fingerprint density at radius 3 is 2.69 bits per heavy atom. The van der Waals surface area contributed by atoms with Gasteiger partial charge < -0.3 is 4.74 Å². The van der Waals surface area contributed by atoms with Crippen LogP contribution in [-0.4, -0.2) is 13.1 Å². The Morgan fingerprint density at radius 1 is 1.25 bits per heavy atom. The van der Waals surface area contributed by atoms with Crippen molar-refractivity contribution in [1.29, 1.82) is 0 Å². The minimum absolute atomic E-state index is 0.0285. The lowest BCUT2D eigenvalue weighted by Crippen LogP contribution is -2.19. The second-order valence-electron chi connectivity index (χ2n) is 5.17.